The first-order valence-electron chi connectivity index (χ1n) is 3.78. The van der Waals surface area contributed by atoms with E-state index in [9.17, 15) is 5.11 Å². The maximum absolute atomic E-state index is 9.41. The Hall–Kier alpha value is -0.670. The molecule has 3 heteroatoms. The summed E-state index contributed by atoms with van der Waals surface area (Å²) in [6.07, 6.45) is 2.02. The zero-order valence-electron chi connectivity index (χ0n) is 7.29. The fourth-order valence-corrected chi connectivity index (χ4v) is 1.49. The summed E-state index contributed by atoms with van der Waals surface area (Å²) in [4.78, 5) is 1.18. The summed E-state index contributed by atoms with van der Waals surface area (Å²) in [6, 6.07) is 5.65. The third kappa shape index (κ3) is 2.16. The molecule has 0 saturated heterocycles. The summed E-state index contributed by atoms with van der Waals surface area (Å²) in [7, 11) is 1.87. The molecule has 0 amide bonds. The average molecular weight is 183 g/mol. The molecule has 1 aromatic rings. The second-order valence-electron chi connectivity index (χ2n) is 2.52. The second kappa shape index (κ2) is 4.38. The van der Waals surface area contributed by atoms with Crippen LogP contribution >= 0.6 is 11.8 Å². The highest BCUT2D eigenvalue weighted by Crippen LogP contribution is 2.23. The van der Waals surface area contributed by atoms with Crippen molar-refractivity contribution in [3.8, 4) is 5.75 Å². The van der Waals surface area contributed by atoms with E-state index in [0.29, 0.717) is 12.3 Å². The van der Waals surface area contributed by atoms with Crippen LogP contribution in [0.5, 0.6) is 5.75 Å². The molecular formula is C9H13NOS. The Morgan fingerprint density at radius 1 is 1.50 bits per heavy atom. The molecule has 0 unspecified atom stereocenters. The molecule has 0 aromatic heterocycles. The molecule has 0 atom stereocenters. The predicted molar refractivity (Wildman–Crippen MR) is 52.7 cm³/mol. The van der Waals surface area contributed by atoms with Gasteiger partial charge in [-0.3, -0.25) is 0 Å². The minimum atomic E-state index is 0.363. The first-order chi connectivity index (χ1) is 5.77. The number of thioether (sulfide) groups is 1. The Bertz CT molecular complexity index is 263. The minimum absolute atomic E-state index is 0.363. The number of nitrogens with one attached hydrogen (secondary N) is 1. The van der Waals surface area contributed by atoms with Crippen LogP contribution < -0.4 is 5.32 Å². The monoisotopic (exact) mass is 183 g/mol. The van der Waals surface area contributed by atoms with Crippen LogP contribution in [0.25, 0.3) is 0 Å². The lowest BCUT2D eigenvalue weighted by Crippen LogP contribution is -2.05. The van der Waals surface area contributed by atoms with Crippen LogP contribution in [-0.2, 0) is 6.54 Å². The smallest absolute Gasteiger partial charge is 0.120 e. The highest BCUT2D eigenvalue weighted by atomic mass is 32.2. The van der Waals surface area contributed by atoms with E-state index in [0.717, 1.165) is 5.56 Å². The summed E-state index contributed by atoms with van der Waals surface area (Å²) in [6.45, 7) is 0.709. The van der Waals surface area contributed by atoms with E-state index in [-0.39, 0.29) is 0 Å². The van der Waals surface area contributed by atoms with Gasteiger partial charge in [0, 0.05) is 17.0 Å². The van der Waals surface area contributed by atoms with E-state index in [1.807, 2.05) is 25.4 Å². The maximum atomic E-state index is 9.41. The van der Waals surface area contributed by atoms with Crippen LogP contribution in [-0.4, -0.2) is 18.4 Å². The zero-order chi connectivity index (χ0) is 8.97. The second-order valence-corrected chi connectivity index (χ2v) is 3.40. The fraction of sp³-hybridized carbons (Fsp3) is 0.333. The van der Waals surface area contributed by atoms with Crippen LogP contribution in [0.2, 0.25) is 0 Å². The third-order valence-electron chi connectivity index (χ3n) is 1.65. The molecule has 66 valence electrons. The van der Waals surface area contributed by atoms with E-state index in [4.69, 9.17) is 0 Å². The molecule has 2 N–H and O–H groups in total. The van der Waals surface area contributed by atoms with Crippen LogP contribution in [0.3, 0.4) is 0 Å². The Labute approximate surface area is 77.0 Å². The highest BCUT2D eigenvalue weighted by Gasteiger charge is 2.00. The first-order valence-corrected chi connectivity index (χ1v) is 5.01. The van der Waals surface area contributed by atoms with Crippen molar-refractivity contribution in [3.05, 3.63) is 23.8 Å². The number of phenolic OH excluding ortho intramolecular Hbond substituents is 1. The van der Waals surface area contributed by atoms with Gasteiger partial charge in [-0.25, -0.2) is 0 Å². The number of aromatic hydroxyl groups is 1. The lowest BCUT2D eigenvalue weighted by Gasteiger charge is -2.05. The minimum Gasteiger partial charge on any atom is -0.508 e. The van der Waals surface area contributed by atoms with Crippen LogP contribution in [0.15, 0.2) is 23.1 Å². The molecule has 0 heterocycles. The lowest BCUT2D eigenvalue weighted by molar-refractivity contribution is 0.465. The van der Waals surface area contributed by atoms with Gasteiger partial charge in [0.15, 0.2) is 0 Å². The van der Waals surface area contributed by atoms with Crippen molar-refractivity contribution in [2.24, 2.45) is 0 Å². The van der Waals surface area contributed by atoms with Crippen molar-refractivity contribution in [2.75, 3.05) is 13.3 Å². The number of phenols is 1. The summed E-state index contributed by atoms with van der Waals surface area (Å²) < 4.78 is 0. The van der Waals surface area contributed by atoms with Crippen LogP contribution in [0.4, 0.5) is 0 Å². The molecule has 12 heavy (non-hydrogen) atoms. The van der Waals surface area contributed by atoms with Gasteiger partial charge >= 0.3 is 0 Å². The van der Waals surface area contributed by atoms with Gasteiger partial charge in [-0.1, -0.05) is 0 Å². The zero-order valence-corrected chi connectivity index (χ0v) is 8.11. The van der Waals surface area contributed by atoms with Gasteiger partial charge < -0.3 is 10.4 Å². The first kappa shape index (κ1) is 9.42. The van der Waals surface area contributed by atoms with E-state index in [1.165, 1.54) is 4.90 Å². The topological polar surface area (TPSA) is 32.3 Å². The number of hydrogen-bond donors (Lipinski definition) is 2. The number of benzene rings is 1. The Kier molecular flexibility index (Phi) is 3.44. The standard InChI is InChI=1S/C9H13NOS/c1-10-6-7-5-8(12-2)3-4-9(7)11/h3-5,10-11H,6H2,1-2H3. The highest BCUT2D eigenvalue weighted by molar-refractivity contribution is 7.98. The average Bonchev–Trinajstić information content (AvgIpc) is 2.09. The summed E-state index contributed by atoms with van der Waals surface area (Å²) >= 11 is 1.68. The summed E-state index contributed by atoms with van der Waals surface area (Å²) in [5, 5.41) is 12.4. The van der Waals surface area contributed by atoms with Crippen molar-refractivity contribution in [1.82, 2.24) is 5.32 Å². The molecule has 0 aliphatic heterocycles. The van der Waals surface area contributed by atoms with Crippen molar-refractivity contribution in [1.29, 1.82) is 0 Å². The molecule has 0 saturated carbocycles. The van der Waals surface area contributed by atoms with Gasteiger partial charge in [-0.05, 0) is 31.5 Å². The molecular weight excluding hydrogens is 170 g/mol. The number of rotatable bonds is 3. The molecule has 0 aliphatic rings. The van der Waals surface area contributed by atoms with Crippen molar-refractivity contribution < 1.29 is 5.11 Å². The van der Waals surface area contributed by atoms with E-state index >= 15 is 0 Å². The Balaban J connectivity index is 2.91. The van der Waals surface area contributed by atoms with E-state index in [1.54, 1.807) is 17.8 Å². The van der Waals surface area contributed by atoms with Crippen LogP contribution in [0, 0.1) is 0 Å². The van der Waals surface area contributed by atoms with Gasteiger partial charge in [-0.15, -0.1) is 11.8 Å². The van der Waals surface area contributed by atoms with Crippen molar-refractivity contribution in [2.45, 2.75) is 11.4 Å². The fourth-order valence-electron chi connectivity index (χ4n) is 1.02. The molecule has 0 bridgehead atoms. The van der Waals surface area contributed by atoms with Crippen molar-refractivity contribution in [3.63, 3.8) is 0 Å². The molecule has 1 aromatic carbocycles. The summed E-state index contributed by atoms with van der Waals surface area (Å²) in [5.41, 5.74) is 0.948. The maximum Gasteiger partial charge on any atom is 0.120 e. The SMILES string of the molecule is CNCc1cc(SC)ccc1O. The molecule has 0 fully saturated rings. The van der Waals surface area contributed by atoms with E-state index < -0.39 is 0 Å². The quantitative estimate of drug-likeness (QED) is 0.701. The third-order valence-corrected chi connectivity index (χ3v) is 2.38. The van der Waals surface area contributed by atoms with Crippen molar-refractivity contribution >= 4 is 11.8 Å². The molecule has 2 nitrogen and oxygen atoms in total. The largest absolute Gasteiger partial charge is 0.508 e. The van der Waals surface area contributed by atoms with Crippen LogP contribution in [0.1, 0.15) is 5.56 Å². The summed E-state index contributed by atoms with van der Waals surface area (Å²) in [5.74, 6) is 0.363. The van der Waals surface area contributed by atoms with Gasteiger partial charge in [0.1, 0.15) is 5.75 Å². The predicted octanol–water partition coefficient (Wildman–Crippen LogP) is 1.83. The normalized spacial score (nSPS) is 10.2. The number of hydrogen-bond acceptors (Lipinski definition) is 3. The lowest BCUT2D eigenvalue weighted by atomic mass is 10.2. The molecule has 0 radical (unpaired) electrons. The van der Waals surface area contributed by atoms with Gasteiger partial charge in [0.2, 0.25) is 0 Å². The van der Waals surface area contributed by atoms with E-state index in [2.05, 4.69) is 5.32 Å². The molecule has 1 rings (SSSR count). The molecule has 0 spiro atoms. The molecule has 0 aliphatic carbocycles. The Morgan fingerprint density at radius 3 is 2.83 bits per heavy atom. The Morgan fingerprint density at radius 2 is 2.25 bits per heavy atom. The van der Waals surface area contributed by atoms with Gasteiger partial charge in [-0.2, -0.15) is 0 Å². The van der Waals surface area contributed by atoms with Gasteiger partial charge in [0.05, 0.1) is 0 Å². The van der Waals surface area contributed by atoms with Gasteiger partial charge in [0.25, 0.3) is 0 Å².